The first-order valence-corrected chi connectivity index (χ1v) is 5.32. The van der Waals surface area contributed by atoms with E-state index >= 15 is 0 Å². The summed E-state index contributed by atoms with van der Waals surface area (Å²) in [5.74, 6) is -0.351. The highest BCUT2D eigenvalue weighted by Crippen LogP contribution is 2.26. The van der Waals surface area contributed by atoms with Crippen molar-refractivity contribution in [3.63, 3.8) is 0 Å². The SMILES string of the molecule is Cc1cc(F)c(Br)c(NCC(O)CO)c1. The number of aliphatic hydroxyl groups is 2. The van der Waals surface area contributed by atoms with Crippen LogP contribution in [-0.2, 0) is 0 Å². The standard InChI is InChI=1S/C10H13BrFNO2/c1-6-2-8(12)10(11)9(3-6)13-4-7(15)5-14/h2-3,7,13-15H,4-5H2,1H3. The highest BCUT2D eigenvalue weighted by Gasteiger charge is 2.08. The maximum absolute atomic E-state index is 13.2. The number of hydrogen-bond acceptors (Lipinski definition) is 3. The lowest BCUT2D eigenvalue weighted by molar-refractivity contribution is 0.105. The van der Waals surface area contributed by atoms with E-state index in [0.717, 1.165) is 5.56 Å². The summed E-state index contributed by atoms with van der Waals surface area (Å²) in [6.07, 6.45) is -0.847. The second kappa shape index (κ2) is 5.44. The molecule has 0 heterocycles. The average Bonchev–Trinajstić information content (AvgIpc) is 2.20. The minimum atomic E-state index is -0.847. The van der Waals surface area contributed by atoms with Gasteiger partial charge >= 0.3 is 0 Å². The Bertz CT molecular complexity index is 346. The predicted molar refractivity (Wildman–Crippen MR) is 60.4 cm³/mol. The molecule has 0 aliphatic carbocycles. The predicted octanol–water partition coefficient (Wildman–Crippen LogP) is 1.66. The van der Waals surface area contributed by atoms with Gasteiger partial charge in [0.05, 0.1) is 22.9 Å². The van der Waals surface area contributed by atoms with Gasteiger partial charge in [0.1, 0.15) is 5.82 Å². The summed E-state index contributed by atoms with van der Waals surface area (Å²) in [6.45, 7) is 1.64. The molecule has 0 fully saturated rings. The lowest BCUT2D eigenvalue weighted by Gasteiger charge is -2.12. The average molecular weight is 278 g/mol. The summed E-state index contributed by atoms with van der Waals surface area (Å²) in [5, 5.41) is 20.6. The van der Waals surface area contributed by atoms with Gasteiger partial charge in [-0.15, -0.1) is 0 Å². The number of hydrogen-bond donors (Lipinski definition) is 3. The molecule has 15 heavy (non-hydrogen) atoms. The zero-order valence-corrected chi connectivity index (χ0v) is 9.88. The number of nitrogens with one attached hydrogen (secondary N) is 1. The number of aryl methyl sites for hydroxylation is 1. The van der Waals surface area contributed by atoms with Crippen LogP contribution >= 0.6 is 15.9 Å². The third kappa shape index (κ3) is 3.44. The zero-order valence-electron chi connectivity index (χ0n) is 8.30. The van der Waals surface area contributed by atoms with Gasteiger partial charge in [0.2, 0.25) is 0 Å². The lowest BCUT2D eigenvalue weighted by Crippen LogP contribution is -2.23. The first kappa shape index (κ1) is 12.4. The van der Waals surface area contributed by atoms with Crippen LogP contribution in [0.15, 0.2) is 16.6 Å². The Hall–Kier alpha value is -0.650. The van der Waals surface area contributed by atoms with Crippen LogP contribution in [0.3, 0.4) is 0 Å². The number of halogens is 2. The number of aliphatic hydroxyl groups excluding tert-OH is 2. The van der Waals surface area contributed by atoms with Crippen molar-refractivity contribution in [3.8, 4) is 0 Å². The van der Waals surface area contributed by atoms with Crippen molar-refractivity contribution in [2.24, 2.45) is 0 Å². The quantitative estimate of drug-likeness (QED) is 0.785. The number of benzene rings is 1. The van der Waals surface area contributed by atoms with E-state index in [0.29, 0.717) is 10.2 Å². The van der Waals surface area contributed by atoms with E-state index in [1.807, 2.05) is 0 Å². The maximum Gasteiger partial charge on any atom is 0.139 e. The second-order valence-electron chi connectivity index (χ2n) is 3.33. The minimum absolute atomic E-state index is 0.179. The molecule has 0 spiro atoms. The zero-order chi connectivity index (χ0) is 11.4. The molecule has 3 nitrogen and oxygen atoms in total. The van der Waals surface area contributed by atoms with E-state index in [-0.39, 0.29) is 19.0 Å². The monoisotopic (exact) mass is 277 g/mol. The smallest absolute Gasteiger partial charge is 0.139 e. The van der Waals surface area contributed by atoms with Gasteiger partial charge in [0.15, 0.2) is 0 Å². The Morgan fingerprint density at radius 2 is 2.20 bits per heavy atom. The van der Waals surface area contributed by atoms with Crippen LogP contribution in [-0.4, -0.2) is 29.5 Å². The number of anilines is 1. The molecule has 1 aromatic rings. The fourth-order valence-corrected chi connectivity index (χ4v) is 1.51. The van der Waals surface area contributed by atoms with E-state index in [4.69, 9.17) is 10.2 Å². The molecule has 0 amide bonds. The van der Waals surface area contributed by atoms with Gasteiger partial charge in [-0.3, -0.25) is 0 Å². The van der Waals surface area contributed by atoms with Gasteiger partial charge in [-0.25, -0.2) is 4.39 Å². The molecule has 0 radical (unpaired) electrons. The molecule has 84 valence electrons. The van der Waals surface area contributed by atoms with Crippen molar-refractivity contribution in [3.05, 3.63) is 28.0 Å². The van der Waals surface area contributed by atoms with Crippen molar-refractivity contribution in [2.45, 2.75) is 13.0 Å². The van der Waals surface area contributed by atoms with Gasteiger partial charge in [-0.05, 0) is 40.5 Å². The summed E-state index contributed by atoms with van der Waals surface area (Å²) in [5.41, 5.74) is 1.36. The van der Waals surface area contributed by atoms with Crippen molar-refractivity contribution >= 4 is 21.6 Å². The van der Waals surface area contributed by atoms with E-state index in [1.165, 1.54) is 6.07 Å². The molecule has 0 aliphatic rings. The normalized spacial score (nSPS) is 12.6. The summed E-state index contributed by atoms with van der Waals surface area (Å²) in [7, 11) is 0. The maximum atomic E-state index is 13.2. The van der Waals surface area contributed by atoms with E-state index < -0.39 is 6.10 Å². The minimum Gasteiger partial charge on any atom is -0.394 e. The fraction of sp³-hybridized carbons (Fsp3) is 0.400. The van der Waals surface area contributed by atoms with Crippen molar-refractivity contribution in [1.29, 1.82) is 0 Å². The first-order valence-electron chi connectivity index (χ1n) is 4.53. The van der Waals surface area contributed by atoms with Gasteiger partial charge in [-0.2, -0.15) is 0 Å². The Morgan fingerprint density at radius 3 is 2.80 bits per heavy atom. The molecular weight excluding hydrogens is 265 g/mol. The molecule has 0 aliphatic heterocycles. The highest BCUT2D eigenvalue weighted by molar-refractivity contribution is 9.10. The Kier molecular flexibility index (Phi) is 4.50. The Balaban J connectivity index is 2.76. The summed E-state index contributed by atoms with van der Waals surface area (Å²) < 4.78 is 13.6. The molecule has 1 aromatic carbocycles. The van der Waals surface area contributed by atoms with Gasteiger partial charge in [0.25, 0.3) is 0 Å². The highest BCUT2D eigenvalue weighted by atomic mass is 79.9. The second-order valence-corrected chi connectivity index (χ2v) is 4.12. The van der Waals surface area contributed by atoms with Crippen molar-refractivity contribution in [1.82, 2.24) is 0 Å². The lowest BCUT2D eigenvalue weighted by atomic mass is 10.2. The molecule has 1 rings (SSSR count). The fourth-order valence-electron chi connectivity index (χ4n) is 1.15. The largest absolute Gasteiger partial charge is 0.394 e. The van der Waals surface area contributed by atoms with E-state index in [2.05, 4.69) is 21.2 Å². The molecule has 1 unspecified atom stereocenters. The van der Waals surface area contributed by atoms with Crippen LogP contribution in [0.5, 0.6) is 0 Å². The van der Waals surface area contributed by atoms with Crippen LogP contribution in [0.4, 0.5) is 10.1 Å². The van der Waals surface area contributed by atoms with Crippen LogP contribution in [0.1, 0.15) is 5.56 Å². The van der Waals surface area contributed by atoms with E-state index in [9.17, 15) is 4.39 Å². The summed E-state index contributed by atoms with van der Waals surface area (Å²) in [4.78, 5) is 0. The first-order chi connectivity index (χ1) is 7.04. The number of rotatable bonds is 4. The van der Waals surface area contributed by atoms with Crippen molar-refractivity contribution in [2.75, 3.05) is 18.5 Å². The molecule has 0 saturated heterocycles. The van der Waals surface area contributed by atoms with Gasteiger partial charge in [0, 0.05) is 6.54 Å². The van der Waals surface area contributed by atoms with Gasteiger partial charge in [-0.1, -0.05) is 0 Å². The third-order valence-electron chi connectivity index (χ3n) is 1.91. The Labute approximate surface area is 96.1 Å². The summed E-state index contributed by atoms with van der Waals surface area (Å²) >= 11 is 3.10. The van der Waals surface area contributed by atoms with Crippen LogP contribution < -0.4 is 5.32 Å². The molecule has 0 aromatic heterocycles. The van der Waals surface area contributed by atoms with Crippen molar-refractivity contribution < 1.29 is 14.6 Å². The van der Waals surface area contributed by atoms with E-state index in [1.54, 1.807) is 13.0 Å². The topological polar surface area (TPSA) is 52.5 Å². The molecule has 0 saturated carbocycles. The van der Waals surface area contributed by atoms with Crippen LogP contribution in [0.2, 0.25) is 0 Å². The summed E-state index contributed by atoms with van der Waals surface area (Å²) in [6, 6.07) is 3.18. The van der Waals surface area contributed by atoms with Gasteiger partial charge < -0.3 is 15.5 Å². The molecular formula is C10H13BrFNO2. The molecule has 0 bridgehead atoms. The van der Waals surface area contributed by atoms with Crippen LogP contribution in [0, 0.1) is 12.7 Å². The van der Waals surface area contributed by atoms with Crippen LogP contribution in [0.25, 0.3) is 0 Å². The third-order valence-corrected chi connectivity index (χ3v) is 2.72. The molecule has 1 atom stereocenters. The molecule has 5 heteroatoms. The Morgan fingerprint density at radius 1 is 1.53 bits per heavy atom. The molecule has 3 N–H and O–H groups in total.